The summed E-state index contributed by atoms with van der Waals surface area (Å²) in [6.45, 7) is 3.47. The Bertz CT molecular complexity index is 696. The van der Waals surface area contributed by atoms with E-state index in [1.165, 1.54) is 0 Å². The van der Waals surface area contributed by atoms with Gasteiger partial charge in [0.2, 0.25) is 0 Å². The van der Waals surface area contributed by atoms with Crippen LogP contribution in [-0.2, 0) is 9.53 Å². The lowest BCUT2D eigenvalue weighted by molar-refractivity contribution is -0.119. The number of benzene rings is 2. The highest BCUT2D eigenvalue weighted by Gasteiger charge is 2.12. The Kier molecular flexibility index (Phi) is 5.33. The van der Waals surface area contributed by atoms with Crippen LogP contribution >= 0.6 is 15.9 Å². The predicted molar refractivity (Wildman–Crippen MR) is 89.0 cm³/mol. The maximum absolute atomic E-state index is 12.0. The Morgan fingerprint density at radius 3 is 2.41 bits per heavy atom. The van der Waals surface area contributed by atoms with Gasteiger partial charge in [0, 0.05) is 10.2 Å². The molecule has 2 rings (SSSR count). The zero-order valence-electron chi connectivity index (χ0n) is 12.4. The molecular formula is C17H16BrNO3. The van der Waals surface area contributed by atoms with Gasteiger partial charge in [-0.1, -0.05) is 33.6 Å². The van der Waals surface area contributed by atoms with E-state index in [-0.39, 0.29) is 12.5 Å². The van der Waals surface area contributed by atoms with Gasteiger partial charge in [-0.2, -0.15) is 0 Å². The first-order chi connectivity index (χ1) is 10.5. The normalized spacial score (nSPS) is 10.1. The fourth-order valence-corrected chi connectivity index (χ4v) is 2.25. The zero-order valence-corrected chi connectivity index (χ0v) is 13.9. The molecule has 0 aliphatic rings. The van der Waals surface area contributed by atoms with Gasteiger partial charge >= 0.3 is 5.97 Å². The number of nitrogens with one attached hydrogen (secondary N) is 1. The Morgan fingerprint density at radius 1 is 1.09 bits per heavy atom. The Labute approximate surface area is 137 Å². The van der Waals surface area contributed by atoms with Crippen molar-refractivity contribution in [2.75, 3.05) is 11.9 Å². The van der Waals surface area contributed by atoms with E-state index < -0.39 is 5.97 Å². The molecule has 1 amide bonds. The molecule has 0 radical (unpaired) electrons. The van der Waals surface area contributed by atoms with Gasteiger partial charge in [-0.3, -0.25) is 4.79 Å². The van der Waals surface area contributed by atoms with Crippen molar-refractivity contribution < 1.29 is 14.3 Å². The molecule has 0 aliphatic carbocycles. The first-order valence-electron chi connectivity index (χ1n) is 6.75. The second-order valence-corrected chi connectivity index (χ2v) is 5.87. The maximum Gasteiger partial charge on any atom is 0.338 e. The van der Waals surface area contributed by atoms with Crippen molar-refractivity contribution in [1.29, 1.82) is 0 Å². The molecule has 2 aromatic rings. The smallest absolute Gasteiger partial charge is 0.338 e. The number of carbonyl (C=O) groups is 2. The molecule has 0 atom stereocenters. The van der Waals surface area contributed by atoms with Crippen molar-refractivity contribution in [3.8, 4) is 0 Å². The van der Waals surface area contributed by atoms with Gasteiger partial charge in [0.1, 0.15) is 0 Å². The van der Waals surface area contributed by atoms with Crippen molar-refractivity contribution in [2.45, 2.75) is 13.8 Å². The second-order valence-electron chi connectivity index (χ2n) is 4.95. The molecule has 0 unspecified atom stereocenters. The highest BCUT2D eigenvalue weighted by molar-refractivity contribution is 9.10. The van der Waals surface area contributed by atoms with E-state index in [2.05, 4.69) is 21.2 Å². The number of halogens is 1. The molecule has 0 saturated carbocycles. The van der Waals surface area contributed by atoms with Crippen LogP contribution in [0.25, 0.3) is 0 Å². The minimum absolute atomic E-state index is 0.317. The van der Waals surface area contributed by atoms with Crippen molar-refractivity contribution in [1.82, 2.24) is 0 Å². The van der Waals surface area contributed by atoms with Crippen LogP contribution in [0.5, 0.6) is 0 Å². The highest BCUT2D eigenvalue weighted by atomic mass is 79.9. The summed E-state index contributed by atoms with van der Waals surface area (Å²) in [7, 11) is 0. The van der Waals surface area contributed by atoms with Crippen molar-refractivity contribution in [2.24, 2.45) is 0 Å². The number of hydrogen-bond acceptors (Lipinski definition) is 3. The molecular weight excluding hydrogens is 346 g/mol. The predicted octanol–water partition coefficient (Wildman–Crippen LogP) is 3.86. The van der Waals surface area contributed by atoms with Crippen LogP contribution in [0, 0.1) is 13.8 Å². The fourth-order valence-electron chi connectivity index (χ4n) is 1.98. The number of ether oxygens (including phenoxy) is 1. The molecule has 0 fully saturated rings. The standard InChI is InChI=1S/C17H16BrNO3/c1-11-3-8-15(12(2)9-11)17(21)22-10-16(20)19-14-6-4-13(18)5-7-14/h3-9H,10H2,1-2H3,(H,19,20). The lowest BCUT2D eigenvalue weighted by Crippen LogP contribution is -2.21. The van der Waals surface area contributed by atoms with Gasteiger partial charge in [0.15, 0.2) is 6.61 Å². The van der Waals surface area contributed by atoms with Gasteiger partial charge in [-0.25, -0.2) is 4.79 Å². The molecule has 0 bridgehead atoms. The maximum atomic E-state index is 12.0. The molecule has 0 saturated heterocycles. The SMILES string of the molecule is Cc1ccc(C(=O)OCC(=O)Nc2ccc(Br)cc2)c(C)c1. The number of amides is 1. The Balaban J connectivity index is 1.90. The molecule has 1 N–H and O–H groups in total. The van der Waals surface area contributed by atoms with Gasteiger partial charge in [-0.05, 0) is 49.7 Å². The van der Waals surface area contributed by atoms with Crippen LogP contribution in [0.3, 0.4) is 0 Å². The van der Waals surface area contributed by atoms with E-state index in [4.69, 9.17) is 4.74 Å². The van der Waals surface area contributed by atoms with Crippen LogP contribution in [-0.4, -0.2) is 18.5 Å². The molecule has 114 valence electrons. The van der Waals surface area contributed by atoms with E-state index in [1.54, 1.807) is 18.2 Å². The molecule has 4 nitrogen and oxygen atoms in total. The average Bonchev–Trinajstić information content (AvgIpc) is 2.47. The van der Waals surface area contributed by atoms with Crippen molar-refractivity contribution in [3.05, 3.63) is 63.6 Å². The summed E-state index contributed by atoms with van der Waals surface area (Å²) in [5.74, 6) is -0.871. The molecule has 0 spiro atoms. The molecule has 0 aliphatic heterocycles. The van der Waals surface area contributed by atoms with Gasteiger partial charge in [0.05, 0.1) is 5.56 Å². The van der Waals surface area contributed by atoms with Crippen LogP contribution in [0.4, 0.5) is 5.69 Å². The number of aryl methyl sites for hydroxylation is 2. The molecule has 0 heterocycles. The third-order valence-electron chi connectivity index (χ3n) is 3.06. The molecule has 22 heavy (non-hydrogen) atoms. The molecule has 2 aromatic carbocycles. The number of rotatable bonds is 4. The number of esters is 1. The average molecular weight is 362 g/mol. The third-order valence-corrected chi connectivity index (χ3v) is 3.59. The van der Waals surface area contributed by atoms with Crippen molar-refractivity contribution >= 4 is 33.5 Å². The summed E-state index contributed by atoms with van der Waals surface area (Å²) in [6.07, 6.45) is 0. The van der Waals surface area contributed by atoms with E-state index >= 15 is 0 Å². The summed E-state index contributed by atoms with van der Waals surface area (Å²) in [5.41, 5.74) is 3.03. The van der Waals surface area contributed by atoms with Gasteiger partial charge in [0.25, 0.3) is 5.91 Å². The van der Waals surface area contributed by atoms with Crippen LogP contribution in [0.2, 0.25) is 0 Å². The number of anilines is 1. The number of carbonyl (C=O) groups excluding carboxylic acids is 2. The van der Waals surface area contributed by atoms with Gasteiger partial charge < -0.3 is 10.1 Å². The van der Waals surface area contributed by atoms with E-state index in [9.17, 15) is 9.59 Å². The van der Waals surface area contributed by atoms with Crippen LogP contribution in [0.1, 0.15) is 21.5 Å². The van der Waals surface area contributed by atoms with Gasteiger partial charge in [-0.15, -0.1) is 0 Å². The minimum atomic E-state index is -0.497. The minimum Gasteiger partial charge on any atom is -0.452 e. The van der Waals surface area contributed by atoms with Crippen molar-refractivity contribution in [3.63, 3.8) is 0 Å². The fraction of sp³-hybridized carbons (Fsp3) is 0.176. The van der Waals surface area contributed by atoms with E-state index in [0.29, 0.717) is 11.3 Å². The summed E-state index contributed by atoms with van der Waals surface area (Å²) in [6, 6.07) is 12.6. The molecule has 0 aromatic heterocycles. The Hall–Kier alpha value is -2.14. The lowest BCUT2D eigenvalue weighted by atomic mass is 10.1. The third kappa shape index (κ3) is 4.43. The summed E-state index contributed by atoms with van der Waals surface area (Å²) in [5, 5.41) is 2.66. The lowest BCUT2D eigenvalue weighted by Gasteiger charge is -2.08. The van der Waals surface area contributed by atoms with Crippen LogP contribution in [0.15, 0.2) is 46.9 Å². The quantitative estimate of drug-likeness (QED) is 0.841. The summed E-state index contributed by atoms with van der Waals surface area (Å²) >= 11 is 3.32. The van der Waals surface area contributed by atoms with E-state index in [0.717, 1.165) is 15.6 Å². The number of hydrogen-bond donors (Lipinski definition) is 1. The summed E-state index contributed by atoms with van der Waals surface area (Å²) in [4.78, 5) is 23.7. The first kappa shape index (κ1) is 16.2. The largest absolute Gasteiger partial charge is 0.452 e. The summed E-state index contributed by atoms with van der Waals surface area (Å²) < 4.78 is 5.97. The zero-order chi connectivity index (χ0) is 16.1. The topological polar surface area (TPSA) is 55.4 Å². The van der Waals surface area contributed by atoms with E-state index in [1.807, 2.05) is 38.1 Å². The monoisotopic (exact) mass is 361 g/mol. The second kappa shape index (κ2) is 7.22. The highest BCUT2D eigenvalue weighted by Crippen LogP contribution is 2.14. The Morgan fingerprint density at radius 2 is 1.77 bits per heavy atom. The molecule has 5 heteroatoms. The first-order valence-corrected chi connectivity index (χ1v) is 7.55. The van der Waals surface area contributed by atoms with Crippen LogP contribution < -0.4 is 5.32 Å².